The molecule has 3 heterocycles. The zero-order valence-electron chi connectivity index (χ0n) is 18.3. The normalized spacial score (nSPS) is 18.6. The highest BCUT2D eigenvalue weighted by Crippen LogP contribution is 2.36. The number of fused-ring (bicyclic) bond motifs is 2. The van der Waals surface area contributed by atoms with Gasteiger partial charge in [-0.05, 0) is 67.4 Å². The fourth-order valence-electron chi connectivity index (χ4n) is 4.99. The molecule has 7 nitrogen and oxygen atoms in total. The number of piperazine rings is 1. The molecule has 0 bridgehead atoms. The number of benzene rings is 2. The van der Waals surface area contributed by atoms with Crippen LogP contribution in [0.5, 0.6) is 0 Å². The molecule has 5 rings (SSSR count). The molecule has 2 aliphatic heterocycles. The second-order valence-corrected chi connectivity index (χ2v) is 8.95. The summed E-state index contributed by atoms with van der Waals surface area (Å²) in [5, 5.41) is 4.43. The van der Waals surface area contributed by atoms with Crippen LogP contribution in [0.15, 0.2) is 46.9 Å². The Bertz CT molecular complexity index is 1120. The molecular weight excluding hydrogens is 402 g/mol. The van der Waals surface area contributed by atoms with Crippen molar-refractivity contribution in [2.24, 2.45) is 5.73 Å². The standard InChI is InChI=1S/C25H31N5O2/c26-19-4-6-22-21(15-19)17(16-28-22)3-1-2-8-29-9-11-30(12-10-29)20-5-7-23-18(13-20)14-24(32-23)25(27)31/h4-7,13-15,17,28H,1-3,8-12,16,26H2,(H2,27,31). The van der Waals surface area contributed by atoms with Crippen LogP contribution in [0.4, 0.5) is 17.1 Å². The molecule has 2 aromatic carbocycles. The van der Waals surface area contributed by atoms with E-state index in [1.165, 1.54) is 36.2 Å². The van der Waals surface area contributed by atoms with Gasteiger partial charge in [0.25, 0.3) is 5.91 Å². The van der Waals surface area contributed by atoms with Gasteiger partial charge in [-0.2, -0.15) is 0 Å². The number of nitrogens with one attached hydrogen (secondary N) is 1. The van der Waals surface area contributed by atoms with E-state index < -0.39 is 5.91 Å². The minimum atomic E-state index is -0.533. The maximum absolute atomic E-state index is 11.3. The number of carbonyl (C=O) groups excluding carboxylic acids is 1. The van der Waals surface area contributed by atoms with Crippen molar-refractivity contribution in [3.63, 3.8) is 0 Å². The number of hydrogen-bond acceptors (Lipinski definition) is 6. The Morgan fingerprint density at radius 2 is 1.91 bits per heavy atom. The van der Waals surface area contributed by atoms with Crippen molar-refractivity contribution in [2.45, 2.75) is 25.2 Å². The van der Waals surface area contributed by atoms with Crippen molar-refractivity contribution in [2.75, 3.05) is 55.2 Å². The number of furan rings is 1. The highest BCUT2D eigenvalue weighted by atomic mass is 16.3. The van der Waals surface area contributed by atoms with E-state index >= 15 is 0 Å². The SMILES string of the molecule is NC(=O)c1cc2cc(N3CCN(CCCCC4CNc5ccc(N)cc54)CC3)ccc2o1. The second kappa shape index (κ2) is 8.74. The number of nitrogens with two attached hydrogens (primary N) is 2. The van der Waals surface area contributed by atoms with Gasteiger partial charge in [0.1, 0.15) is 5.58 Å². The number of hydrogen-bond donors (Lipinski definition) is 3. The van der Waals surface area contributed by atoms with Gasteiger partial charge in [0.15, 0.2) is 5.76 Å². The van der Waals surface area contributed by atoms with Crippen LogP contribution in [-0.2, 0) is 0 Å². The van der Waals surface area contributed by atoms with E-state index in [0.29, 0.717) is 11.5 Å². The molecule has 168 valence electrons. The first-order valence-electron chi connectivity index (χ1n) is 11.5. The molecule has 1 amide bonds. The molecule has 7 heteroatoms. The second-order valence-electron chi connectivity index (χ2n) is 8.95. The Kier molecular flexibility index (Phi) is 5.66. The number of nitrogen functional groups attached to an aromatic ring is 1. The molecule has 0 spiro atoms. The number of amides is 1. The van der Waals surface area contributed by atoms with Crippen LogP contribution < -0.4 is 21.7 Å². The number of primary amides is 1. The lowest BCUT2D eigenvalue weighted by Gasteiger charge is -2.36. The third-order valence-electron chi connectivity index (χ3n) is 6.81. The first-order valence-corrected chi connectivity index (χ1v) is 11.5. The van der Waals surface area contributed by atoms with Crippen molar-refractivity contribution in [3.8, 4) is 0 Å². The van der Waals surface area contributed by atoms with E-state index in [1.54, 1.807) is 6.07 Å². The van der Waals surface area contributed by atoms with E-state index in [-0.39, 0.29) is 5.76 Å². The van der Waals surface area contributed by atoms with Crippen molar-refractivity contribution >= 4 is 33.9 Å². The molecule has 2 aliphatic rings. The Labute approximate surface area is 188 Å². The summed E-state index contributed by atoms with van der Waals surface area (Å²) in [5.41, 5.74) is 16.7. The summed E-state index contributed by atoms with van der Waals surface area (Å²) in [5.74, 6) is 0.259. The number of unbranched alkanes of at least 4 members (excludes halogenated alkanes) is 1. The Hall–Kier alpha value is -3.19. The number of nitrogens with zero attached hydrogens (tertiary/aromatic N) is 2. The molecular formula is C25H31N5O2. The smallest absolute Gasteiger partial charge is 0.284 e. The molecule has 0 saturated carbocycles. The minimum absolute atomic E-state index is 0.210. The monoisotopic (exact) mass is 433 g/mol. The van der Waals surface area contributed by atoms with Crippen LogP contribution in [0.2, 0.25) is 0 Å². The van der Waals surface area contributed by atoms with Gasteiger partial charge in [0.2, 0.25) is 0 Å². The van der Waals surface area contributed by atoms with Crippen molar-refractivity contribution < 1.29 is 9.21 Å². The van der Waals surface area contributed by atoms with Crippen LogP contribution in [0.25, 0.3) is 11.0 Å². The average molecular weight is 434 g/mol. The molecule has 1 aromatic heterocycles. The summed E-state index contributed by atoms with van der Waals surface area (Å²) in [6.07, 6.45) is 3.67. The summed E-state index contributed by atoms with van der Waals surface area (Å²) in [7, 11) is 0. The lowest BCUT2D eigenvalue weighted by atomic mass is 9.95. The summed E-state index contributed by atoms with van der Waals surface area (Å²) in [6.45, 7) is 6.33. The summed E-state index contributed by atoms with van der Waals surface area (Å²) >= 11 is 0. The molecule has 1 saturated heterocycles. The molecule has 32 heavy (non-hydrogen) atoms. The average Bonchev–Trinajstić information content (AvgIpc) is 3.40. The van der Waals surface area contributed by atoms with Gasteiger partial charge < -0.3 is 26.1 Å². The van der Waals surface area contributed by atoms with Crippen LogP contribution in [0.3, 0.4) is 0 Å². The molecule has 1 unspecified atom stereocenters. The van der Waals surface area contributed by atoms with Gasteiger partial charge in [0, 0.05) is 61.1 Å². The Morgan fingerprint density at radius 1 is 1.06 bits per heavy atom. The molecule has 1 atom stereocenters. The molecule has 1 fully saturated rings. The molecule has 5 N–H and O–H groups in total. The van der Waals surface area contributed by atoms with Crippen LogP contribution in [0.1, 0.15) is 41.3 Å². The number of anilines is 3. The van der Waals surface area contributed by atoms with Crippen LogP contribution in [0, 0.1) is 0 Å². The quantitative estimate of drug-likeness (QED) is 0.389. The van der Waals surface area contributed by atoms with Gasteiger partial charge in [-0.15, -0.1) is 0 Å². The zero-order valence-corrected chi connectivity index (χ0v) is 18.3. The zero-order chi connectivity index (χ0) is 22.1. The summed E-state index contributed by atoms with van der Waals surface area (Å²) in [4.78, 5) is 16.3. The van der Waals surface area contributed by atoms with Gasteiger partial charge >= 0.3 is 0 Å². The first kappa shape index (κ1) is 20.7. The first-order chi connectivity index (χ1) is 15.6. The minimum Gasteiger partial charge on any atom is -0.451 e. The van der Waals surface area contributed by atoms with E-state index in [4.69, 9.17) is 15.9 Å². The van der Waals surface area contributed by atoms with Gasteiger partial charge in [-0.1, -0.05) is 6.42 Å². The molecule has 3 aromatic rings. The fraction of sp³-hybridized carbons (Fsp3) is 0.400. The molecule has 0 radical (unpaired) electrons. The third kappa shape index (κ3) is 4.25. The fourth-order valence-corrected chi connectivity index (χ4v) is 4.99. The van der Waals surface area contributed by atoms with Gasteiger partial charge in [-0.3, -0.25) is 9.69 Å². The highest BCUT2D eigenvalue weighted by Gasteiger charge is 2.22. The van der Waals surface area contributed by atoms with Crippen molar-refractivity contribution in [1.82, 2.24) is 4.90 Å². The van der Waals surface area contributed by atoms with E-state index in [9.17, 15) is 4.79 Å². The Morgan fingerprint density at radius 3 is 2.72 bits per heavy atom. The van der Waals surface area contributed by atoms with Crippen LogP contribution >= 0.6 is 0 Å². The predicted molar refractivity (Wildman–Crippen MR) is 129 cm³/mol. The summed E-state index contributed by atoms with van der Waals surface area (Å²) in [6, 6.07) is 14.0. The molecule has 0 aliphatic carbocycles. The predicted octanol–water partition coefficient (Wildman–Crippen LogP) is 3.62. The maximum atomic E-state index is 11.3. The third-order valence-corrected chi connectivity index (χ3v) is 6.81. The number of rotatable bonds is 7. The Balaban J connectivity index is 1.08. The largest absolute Gasteiger partial charge is 0.451 e. The maximum Gasteiger partial charge on any atom is 0.284 e. The number of carbonyl (C=O) groups is 1. The topological polar surface area (TPSA) is 101 Å². The lowest BCUT2D eigenvalue weighted by Crippen LogP contribution is -2.46. The highest BCUT2D eigenvalue weighted by molar-refractivity contribution is 5.95. The van der Waals surface area contributed by atoms with Crippen LogP contribution in [-0.4, -0.2) is 50.1 Å². The van der Waals surface area contributed by atoms with Gasteiger partial charge in [0.05, 0.1) is 0 Å². The van der Waals surface area contributed by atoms with E-state index in [0.717, 1.165) is 50.3 Å². The van der Waals surface area contributed by atoms with E-state index in [2.05, 4.69) is 39.4 Å². The van der Waals surface area contributed by atoms with Gasteiger partial charge in [-0.25, -0.2) is 0 Å². The lowest BCUT2D eigenvalue weighted by molar-refractivity contribution is 0.0976. The summed E-state index contributed by atoms with van der Waals surface area (Å²) < 4.78 is 5.49. The van der Waals surface area contributed by atoms with Crippen molar-refractivity contribution in [3.05, 3.63) is 53.8 Å². The van der Waals surface area contributed by atoms with Crippen molar-refractivity contribution in [1.29, 1.82) is 0 Å². The van der Waals surface area contributed by atoms with E-state index in [1.807, 2.05) is 12.1 Å².